The van der Waals surface area contributed by atoms with Gasteiger partial charge in [-0.3, -0.25) is 0 Å². The molecule has 6 heteroatoms. The van der Waals surface area contributed by atoms with Crippen molar-refractivity contribution in [3.63, 3.8) is 0 Å². The summed E-state index contributed by atoms with van der Waals surface area (Å²) in [7, 11) is -3.99. The zero-order valence-electron chi connectivity index (χ0n) is 11.8. The van der Waals surface area contributed by atoms with Gasteiger partial charge in [0.1, 0.15) is 16.8 Å². The summed E-state index contributed by atoms with van der Waals surface area (Å²) in [4.78, 5) is 2.50. The zero-order valence-corrected chi connectivity index (χ0v) is 12.6. The van der Waals surface area contributed by atoms with Crippen molar-refractivity contribution in [2.24, 2.45) is 0 Å². The highest BCUT2D eigenvalue weighted by molar-refractivity contribution is 7.95. The molecule has 0 fully saturated rings. The van der Waals surface area contributed by atoms with Gasteiger partial charge >= 0.3 is 0 Å². The van der Waals surface area contributed by atoms with E-state index in [1.54, 1.807) is 12.3 Å². The minimum absolute atomic E-state index is 0.119. The molecule has 0 saturated carbocycles. The Morgan fingerprint density at radius 3 is 2.52 bits per heavy atom. The minimum Gasteiger partial charge on any atom is -0.361 e. The van der Waals surface area contributed by atoms with Crippen LogP contribution in [-0.4, -0.2) is 13.4 Å². The molecule has 0 spiro atoms. The number of hydrogen-bond donors (Lipinski definition) is 1. The van der Waals surface area contributed by atoms with E-state index < -0.39 is 20.6 Å². The Labute approximate surface area is 132 Å². The second kappa shape index (κ2) is 5.71. The van der Waals surface area contributed by atoms with Crippen LogP contribution in [0.1, 0.15) is 5.56 Å². The van der Waals surface area contributed by atoms with E-state index in [2.05, 4.69) is 4.98 Å². The highest BCUT2D eigenvalue weighted by Gasteiger charge is 2.21. The first kappa shape index (κ1) is 15.0. The number of nitrogens with one attached hydrogen (secondary N) is 1. The van der Waals surface area contributed by atoms with Crippen LogP contribution in [0.2, 0.25) is 0 Å². The zero-order chi connectivity index (χ0) is 16.4. The molecule has 0 saturated heterocycles. The first-order valence-electron chi connectivity index (χ1n) is 6.71. The van der Waals surface area contributed by atoms with Crippen LogP contribution >= 0.6 is 0 Å². The molecule has 0 aliphatic rings. The van der Waals surface area contributed by atoms with E-state index in [0.29, 0.717) is 5.56 Å². The molecule has 1 aromatic heterocycles. The standard InChI is InChI=1S/C17H11FN2O2S/c18-13-5-7-14(8-6-13)23(21,22)15(10-19)9-12-11-20-17-4-2-1-3-16(12)17/h1-9,11,20H/b15-9+. The number of fused-ring (bicyclic) bond motifs is 1. The Bertz CT molecular complexity index is 1040. The number of allylic oxidation sites excluding steroid dienone is 1. The summed E-state index contributed by atoms with van der Waals surface area (Å²) in [6.07, 6.45) is 2.96. The maximum Gasteiger partial charge on any atom is 0.216 e. The quantitative estimate of drug-likeness (QED) is 0.590. The first-order valence-corrected chi connectivity index (χ1v) is 8.19. The summed E-state index contributed by atoms with van der Waals surface area (Å²) in [5.74, 6) is -0.539. The molecule has 0 amide bonds. The number of halogens is 1. The van der Waals surface area contributed by atoms with Crippen molar-refractivity contribution in [1.82, 2.24) is 4.98 Å². The van der Waals surface area contributed by atoms with Crippen LogP contribution in [-0.2, 0) is 9.84 Å². The molecule has 1 N–H and O–H groups in total. The normalized spacial score (nSPS) is 12.3. The Balaban J connectivity index is 2.12. The molecule has 0 aliphatic heterocycles. The van der Waals surface area contributed by atoms with E-state index in [1.165, 1.54) is 6.08 Å². The van der Waals surface area contributed by atoms with Gasteiger partial charge in [0, 0.05) is 22.7 Å². The lowest BCUT2D eigenvalue weighted by atomic mass is 10.1. The van der Waals surface area contributed by atoms with E-state index in [1.807, 2.05) is 24.3 Å². The minimum atomic E-state index is -3.99. The summed E-state index contributed by atoms with van der Waals surface area (Å²) in [6, 6.07) is 13.5. The molecule has 0 bridgehead atoms. The van der Waals surface area contributed by atoms with Gasteiger partial charge < -0.3 is 4.98 Å². The number of sulfone groups is 1. The molecule has 1 heterocycles. The largest absolute Gasteiger partial charge is 0.361 e. The Morgan fingerprint density at radius 1 is 1.13 bits per heavy atom. The topological polar surface area (TPSA) is 73.7 Å². The lowest BCUT2D eigenvalue weighted by molar-refractivity contribution is 0.601. The SMILES string of the molecule is N#C/C(=C\c1c[nH]c2ccccc12)S(=O)(=O)c1ccc(F)cc1. The molecule has 0 unspecified atom stereocenters. The number of H-pyrrole nitrogens is 1. The van der Waals surface area contributed by atoms with Gasteiger partial charge in [0.2, 0.25) is 9.84 Å². The van der Waals surface area contributed by atoms with Gasteiger partial charge in [0.05, 0.1) is 4.90 Å². The molecule has 23 heavy (non-hydrogen) atoms. The van der Waals surface area contributed by atoms with E-state index in [9.17, 15) is 18.1 Å². The van der Waals surface area contributed by atoms with Crippen LogP contribution in [0.4, 0.5) is 4.39 Å². The van der Waals surface area contributed by atoms with E-state index in [-0.39, 0.29) is 4.90 Å². The first-order chi connectivity index (χ1) is 11.0. The van der Waals surface area contributed by atoms with Gasteiger partial charge in [0.15, 0.2) is 0 Å². The maximum atomic E-state index is 13.0. The van der Waals surface area contributed by atoms with Crippen LogP contribution in [0.5, 0.6) is 0 Å². The summed E-state index contributed by atoms with van der Waals surface area (Å²) < 4.78 is 38.0. The van der Waals surface area contributed by atoms with E-state index in [4.69, 9.17) is 0 Å². The van der Waals surface area contributed by atoms with Gasteiger partial charge in [-0.05, 0) is 36.4 Å². The lowest BCUT2D eigenvalue weighted by Gasteiger charge is -2.02. The van der Waals surface area contributed by atoms with Gasteiger partial charge in [-0.2, -0.15) is 5.26 Å². The number of rotatable bonds is 3. The van der Waals surface area contributed by atoms with Crippen molar-refractivity contribution >= 4 is 26.8 Å². The van der Waals surface area contributed by atoms with Crippen molar-refractivity contribution in [2.45, 2.75) is 4.90 Å². The third-order valence-corrected chi connectivity index (χ3v) is 5.11. The van der Waals surface area contributed by atoms with Crippen molar-refractivity contribution in [3.05, 3.63) is 71.0 Å². The number of nitriles is 1. The fraction of sp³-hybridized carbons (Fsp3) is 0. The third-order valence-electron chi connectivity index (χ3n) is 3.43. The predicted molar refractivity (Wildman–Crippen MR) is 85.5 cm³/mol. The Hall–Kier alpha value is -2.91. The average molecular weight is 326 g/mol. The Morgan fingerprint density at radius 2 is 1.83 bits per heavy atom. The van der Waals surface area contributed by atoms with Crippen molar-refractivity contribution < 1.29 is 12.8 Å². The van der Waals surface area contributed by atoms with Crippen LogP contribution in [0.3, 0.4) is 0 Å². The molecule has 0 aliphatic carbocycles. The molecule has 4 nitrogen and oxygen atoms in total. The van der Waals surface area contributed by atoms with E-state index >= 15 is 0 Å². The smallest absolute Gasteiger partial charge is 0.216 e. The van der Waals surface area contributed by atoms with Crippen LogP contribution in [0, 0.1) is 17.1 Å². The van der Waals surface area contributed by atoms with Gasteiger partial charge in [-0.25, -0.2) is 12.8 Å². The van der Waals surface area contributed by atoms with Crippen LogP contribution in [0.25, 0.3) is 17.0 Å². The Kier molecular flexibility index (Phi) is 3.72. The summed E-state index contributed by atoms with van der Waals surface area (Å²) in [5.41, 5.74) is 1.44. The number of aromatic nitrogens is 1. The fourth-order valence-electron chi connectivity index (χ4n) is 2.27. The van der Waals surface area contributed by atoms with Crippen molar-refractivity contribution in [3.8, 4) is 6.07 Å². The average Bonchev–Trinajstić information content (AvgIpc) is 2.96. The van der Waals surface area contributed by atoms with E-state index in [0.717, 1.165) is 35.2 Å². The fourth-order valence-corrected chi connectivity index (χ4v) is 3.42. The lowest BCUT2D eigenvalue weighted by Crippen LogP contribution is -2.03. The molecule has 3 aromatic rings. The highest BCUT2D eigenvalue weighted by atomic mass is 32.2. The molecule has 0 radical (unpaired) electrons. The predicted octanol–water partition coefficient (Wildman–Crippen LogP) is 3.65. The molecular weight excluding hydrogens is 315 g/mol. The van der Waals surface area contributed by atoms with Gasteiger partial charge in [0.25, 0.3) is 0 Å². The summed E-state index contributed by atoms with van der Waals surface area (Å²) in [5, 5.41) is 10.1. The van der Waals surface area contributed by atoms with Gasteiger partial charge in [-0.1, -0.05) is 18.2 Å². The third kappa shape index (κ3) is 2.74. The number of aromatic amines is 1. The summed E-state index contributed by atoms with van der Waals surface area (Å²) >= 11 is 0. The van der Waals surface area contributed by atoms with Gasteiger partial charge in [-0.15, -0.1) is 0 Å². The number of benzene rings is 2. The molecular formula is C17H11FN2O2S. The summed E-state index contributed by atoms with van der Waals surface area (Å²) in [6.45, 7) is 0. The monoisotopic (exact) mass is 326 g/mol. The molecule has 114 valence electrons. The van der Waals surface area contributed by atoms with Crippen LogP contribution in [0.15, 0.2) is 64.5 Å². The number of hydrogen-bond acceptors (Lipinski definition) is 3. The molecule has 3 rings (SSSR count). The van der Waals surface area contributed by atoms with Crippen molar-refractivity contribution in [2.75, 3.05) is 0 Å². The van der Waals surface area contributed by atoms with Crippen molar-refractivity contribution in [1.29, 1.82) is 5.26 Å². The number of para-hydroxylation sites is 1. The second-order valence-electron chi connectivity index (χ2n) is 4.87. The highest BCUT2D eigenvalue weighted by Crippen LogP contribution is 2.25. The number of nitrogens with zero attached hydrogens (tertiary/aromatic N) is 1. The molecule has 0 atom stereocenters. The maximum absolute atomic E-state index is 13.0. The molecule has 2 aromatic carbocycles. The van der Waals surface area contributed by atoms with Crippen LogP contribution < -0.4 is 0 Å². The second-order valence-corrected chi connectivity index (χ2v) is 6.79.